The maximum atomic E-state index is 12.7. The minimum Gasteiger partial charge on any atom is -0.317 e. The molecular formula is C14H20FNS. The van der Waals surface area contributed by atoms with Gasteiger partial charge in [0.2, 0.25) is 0 Å². The van der Waals surface area contributed by atoms with Gasteiger partial charge in [-0.3, -0.25) is 0 Å². The lowest BCUT2D eigenvalue weighted by molar-refractivity contribution is 0.528. The van der Waals surface area contributed by atoms with Crippen molar-refractivity contribution in [3.63, 3.8) is 0 Å². The lowest BCUT2D eigenvalue weighted by atomic mass is 10.0. The van der Waals surface area contributed by atoms with E-state index in [0.29, 0.717) is 0 Å². The smallest absolute Gasteiger partial charge is 0.123 e. The molecule has 3 heteroatoms. The van der Waals surface area contributed by atoms with Gasteiger partial charge in [0.25, 0.3) is 0 Å². The van der Waals surface area contributed by atoms with Gasteiger partial charge in [-0.2, -0.15) is 11.8 Å². The molecule has 1 aromatic carbocycles. The molecule has 0 spiro atoms. The molecule has 1 aromatic rings. The van der Waals surface area contributed by atoms with E-state index in [-0.39, 0.29) is 5.82 Å². The van der Waals surface area contributed by atoms with Crippen LogP contribution in [0.5, 0.6) is 0 Å². The topological polar surface area (TPSA) is 12.0 Å². The number of thioether (sulfide) groups is 1. The summed E-state index contributed by atoms with van der Waals surface area (Å²) in [4.78, 5) is 0. The lowest BCUT2D eigenvalue weighted by Gasteiger charge is -2.12. The largest absolute Gasteiger partial charge is 0.317 e. The minimum atomic E-state index is -0.145. The van der Waals surface area contributed by atoms with E-state index in [1.165, 1.54) is 43.7 Å². The molecule has 0 aromatic heterocycles. The van der Waals surface area contributed by atoms with Crippen LogP contribution in [0.2, 0.25) is 0 Å². The number of hydrogen-bond donors (Lipinski definition) is 1. The maximum absolute atomic E-state index is 12.7. The van der Waals surface area contributed by atoms with Crippen molar-refractivity contribution in [2.24, 2.45) is 5.92 Å². The van der Waals surface area contributed by atoms with Gasteiger partial charge in [-0.15, -0.1) is 0 Å². The van der Waals surface area contributed by atoms with Crippen molar-refractivity contribution in [3.8, 4) is 0 Å². The molecule has 1 saturated heterocycles. The first kappa shape index (κ1) is 12.9. The zero-order valence-electron chi connectivity index (χ0n) is 10.1. The van der Waals surface area contributed by atoms with E-state index in [9.17, 15) is 4.39 Å². The van der Waals surface area contributed by atoms with Gasteiger partial charge in [-0.25, -0.2) is 4.39 Å². The highest BCUT2D eigenvalue weighted by atomic mass is 32.2. The van der Waals surface area contributed by atoms with Crippen molar-refractivity contribution in [1.82, 2.24) is 5.32 Å². The number of benzene rings is 1. The molecule has 1 fully saturated rings. The normalized spacial score (nSPS) is 21.1. The molecular weight excluding hydrogens is 233 g/mol. The average Bonchev–Trinajstić information content (AvgIpc) is 2.60. The number of halogens is 1. The van der Waals surface area contributed by atoms with Crippen LogP contribution in [-0.4, -0.2) is 18.8 Å². The Bertz CT molecular complexity index is 317. The second-order valence-corrected chi connectivity index (χ2v) is 5.72. The zero-order chi connectivity index (χ0) is 11.9. The van der Waals surface area contributed by atoms with Crippen molar-refractivity contribution in [3.05, 3.63) is 35.6 Å². The summed E-state index contributed by atoms with van der Waals surface area (Å²) in [6, 6.07) is 6.87. The van der Waals surface area contributed by atoms with Gasteiger partial charge in [0, 0.05) is 5.75 Å². The Kier molecular flexibility index (Phi) is 5.33. The van der Waals surface area contributed by atoms with Crippen LogP contribution in [0.15, 0.2) is 24.3 Å². The molecule has 1 nitrogen and oxygen atoms in total. The maximum Gasteiger partial charge on any atom is 0.123 e. The van der Waals surface area contributed by atoms with Crippen molar-refractivity contribution in [1.29, 1.82) is 0 Å². The molecule has 0 radical (unpaired) electrons. The standard InChI is InChI=1S/C14H20FNS/c15-14-5-3-13(4-6-14)11-17-10-12-2-1-8-16-9-7-12/h3-6,12,16H,1-2,7-11H2. The first-order valence-electron chi connectivity index (χ1n) is 6.37. The molecule has 0 aliphatic carbocycles. The predicted octanol–water partition coefficient (Wildman–Crippen LogP) is 3.45. The molecule has 0 amide bonds. The third-order valence-corrected chi connectivity index (χ3v) is 4.48. The van der Waals surface area contributed by atoms with Crippen molar-refractivity contribution in [2.45, 2.75) is 25.0 Å². The molecule has 1 N–H and O–H groups in total. The Morgan fingerprint density at radius 1 is 1.18 bits per heavy atom. The minimum absolute atomic E-state index is 0.145. The highest BCUT2D eigenvalue weighted by molar-refractivity contribution is 7.98. The Labute approximate surface area is 107 Å². The fraction of sp³-hybridized carbons (Fsp3) is 0.571. The lowest BCUT2D eigenvalue weighted by Crippen LogP contribution is -2.14. The van der Waals surface area contributed by atoms with Gasteiger partial charge < -0.3 is 5.32 Å². The third-order valence-electron chi connectivity index (χ3n) is 3.23. The van der Waals surface area contributed by atoms with Crippen LogP contribution in [0.1, 0.15) is 24.8 Å². The second-order valence-electron chi connectivity index (χ2n) is 4.69. The zero-order valence-corrected chi connectivity index (χ0v) is 10.9. The van der Waals surface area contributed by atoms with Crippen LogP contribution in [0.4, 0.5) is 4.39 Å². The van der Waals surface area contributed by atoms with Gasteiger partial charge >= 0.3 is 0 Å². The van der Waals surface area contributed by atoms with Crippen LogP contribution in [-0.2, 0) is 5.75 Å². The van der Waals surface area contributed by atoms with E-state index in [0.717, 1.165) is 11.7 Å². The monoisotopic (exact) mass is 253 g/mol. The molecule has 1 unspecified atom stereocenters. The molecule has 94 valence electrons. The second kappa shape index (κ2) is 7.02. The van der Waals surface area contributed by atoms with E-state index >= 15 is 0 Å². The molecule has 0 bridgehead atoms. The molecule has 17 heavy (non-hydrogen) atoms. The van der Waals surface area contributed by atoms with E-state index in [2.05, 4.69) is 5.32 Å². The van der Waals surface area contributed by atoms with Crippen molar-refractivity contribution >= 4 is 11.8 Å². The summed E-state index contributed by atoms with van der Waals surface area (Å²) in [5.74, 6) is 2.95. The van der Waals surface area contributed by atoms with Gasteiger partial charge in [-0.05, 0) is 61.7 Å². The SMILES string of the molecule is Fc1ccc(CSCC2CCCNCC2)cc1. The summed E-state index contributed by atoms with van der Waals surface area (Å²) >= 11 is 1.98. The summed E-state index contributed by atoms with van der Waals surface area (Å²) in [5, 5.41) is 3.44. The first-order chi connectivity index (χ1) is 8.34. The van der Waals surface area contributed by atoms with E-state index in [1.54, 1.807) is 12.1 Å². The average molecular weight is 253 g/mol. The molecule has 1 atom stereocenters. The Morgan fingerprint density at radius 3 is 2.82 bits per heavy atom. The Morgan fingerprint density at radius 2 is 2.00 bits per heavy atom. The Balaban J connectivity index is 1.69. The summed E-state index contributed by atoms with van der Waals surface area (Å²) in [5.41, 5.74) is 1.23. The quantitative estimate of drug-likeness (QED) is 0.882. The number of nitrogens with one attached hydrogen (secondary N) is 1. The predicted molar refractivity (Wildman–Crippen MR) is 72.8 cm³/mol. The molecule has 1 heterocycles. The summed E-state index contributed by atoms with van der Waals surface area (Å²) < 4.78 is 12.7. The van der Waals surface area contributed by atoms with Crippen molar-refractivity contribution in [2.75, 3.05) is 18.8 Å². The number of hydrogen-bond acceptors (Lipinski definition) is 2. The summed E-state index contributed by atoms with van der Waals surface area (Å²) in [7, 11) is 0. The van der Waals surface area contributed by atoms with Crippen LogP contribution in [0, 0.1) is 11.7 Å². The molecule has 2 rings (SSSR count). The van der Waals surface area contributed by atoms with Crippen LogP contribution in [0.25, 0.3) is 0 Å². The fourth-order valence-corrected chi connectivity index (χ4v) is 3.39. The fourth-order valence-electron chi connectivity index (χ4n) is 2.18. The van der Waals surface area contributed by atoms with Gasteiger partial charge in [-0.1, -0.05) is 12.1 Å². The highest BCUT2D eigenvalue weighted by Crippen LogP contribution is 2.22. The molecule has 1 aliphatic heterocycles. The van der Waals surface area contributed by atoms with Crippen LogP contribution >= 0.6 is 11.8 Å². The van der Waals surface area contributed by atoms with Gasteiger partial charge in [0.1, 0.15) is 5.82 Å². The van der Waals surface area contributed by atoms with Crippen LogP contribution < -0.4 is 5.32 Å². The molecule has 0 saturated carbocycles. The van der Waals surface area contributed by atoms with E-state index in [4.69, 9.17) is 0 Å². The van der Waals surface area contributed by atoms with E-state index < -0.39 is 0 Å². The van der Waals surface area contributed by atoms with Crippen LogP contribution in [0.3, 0.4) is 0 Å². The van der Waals surface area contributed by atoms with Gasteiger partial charge in [0.05, 0.1) is 0 Å². The van der Waals surface area contributed by atoms with Crippen molar-refractivity contribution < 1.29 is 4.39 Å². The number of rotatable bonds is 4. The highest BCUT2D eigenvalue weighted by Gasteiger charge is 2.11. The van der Waals surface area contributed by atoms with Gasteiger partial charge in [0.15, 0.2) is 0 Å². The third kappa shape index (κ3) is 4.68. The summed E-state index contributed by atoms with van der Waals surface area (Å²) in [6.45, 7) is 2.35. The molecule has 1 aliphatic rings. The summed E-state index contributed by atoms with van der Waals surface area (Å²) in [6.07, 6.45) is 3.96. The first-order valence-corrected chi connectivity index (χ1v) is 7.53. The Hall–Kier alpha value is -0.540. The van der Waals surface area contributed by atoms with E-state index in [1.807, 2.05) is 23.9 Å².